The number of halogens is 3. The van der Waals surface area contributed by atoms with Crippen LogP contribution < -0.4 is 23.8 Å². The Labute approximate surface area is 323 Å². The van der Waals surface area contributed by atoms with Crippen LogP contribution in [0.3, 0.4) is 0 Å². The number of rotatable bonds is 11. The second-order valence-corrected chi connectivity index (χ2v) is 16.2. The number of anilines is 4. The molecule has 2 N–H and O–H groups in total. The van der Waals surface area contributed by atoms with Crippen LogP contribution in [0.1, 0.15) is 6.92 Å². The Hall–Kier alpha value is -5.00. The zero-order valence-electron chi connectivity index (χ0n) is 27.8. The third kappa shape index (κ3) is 8.16. The topological polar surface area (TPSA) is 170 Å². The quantitative estimate of drug-likeness (QED) is 0.122. The molecule has 0 aliphatic heterocycles. The number of aromatic nitrogens is 3. The second kappa shape index (κ2) is 15.2. The van der Waals surface area contributed by atoms with Crippen molar-refractivity contribution in [3.63, 3.8) is 0 Å². The van der Waals surface area contributed by atoms with E-state index in [0.717, 1.165) is 4.90 Å². The van der Waals surface area contributed by atoms with Gasteiger partial charge in [0.2, 0.25) is 5.91 Å². The minimum Gasteiger partial charge on any atom is -0.497 e. The van der Waals surface area contributed by atoms with E-state index in [1.165, 1.54) is 82.1 Å². The van der Waals surface area contributed by atoms with Gasteiger partial charge in [0.1, 0.15) is 22.2 Å². The van der Waals surface area contributed by atoms with Crippen LogP contribution in [-0.2, 0) is 24.8 Å². The van der Waals surface area contributed by atoms with Gasteiger partial charge in [-0.25, -0.2) is 31.8 Å². The van der Waals surface area contributed by atoms with E-state index in [0.29, 0.717) is 38.0 Å². The van der Waals surface area contributed by atoms with Crippen molar-refractivity contribution in [1.82, 2.24) is 15.0 Å². The highest BCUT2D eigenvalue weighted by Gasteiger charge is 2.28. The zero-order chi connectivity index (χ0) is 38.1. The van der Waals surface area contributed by atoms with Crippen LogP contribution in [0.25, 0.3) is 22.0 Å². The predicted octanol–water partition coefficient (Wildman–Crippen LogP) is 8.06. The normalized spacial score (nSPS) is 11.6. The van der Waals surface area contributed by atoms with Crippen LogP contribution in [0.15, 0.2) is 112 Å². The summed E-state index contributed by atoms with van der Waals surface area (Å²) in [4.78, 5) is 27.0. The summed E-state index contributed by atoms with van der Waals surface area (Å²) in [7, 11) is -5.46. The van der Waals surface area contributed by atoms with Crippen molar-refractivity contribution in [2.75, 3.05) is 28.6 Å². The Morgan fingerprint density at radius 2 is 1.38 bits per heavy atom. The Balaban J connectivity index is 1.34. The molecule has 3 heterocycles. The summed E-state index contributed by atoms with van der Waals surface area (Å²) in [6, 6.07) is 21.6. The molecule has 272 valence electrons. The molecule has 0 unspecified atom stereocenters. The lowest BCUT2D eigenvalue weighted by Gasteiger charge is -2.24. The van der Waals surface area contributed by atoms with E-state index >= 15 is 0 Å². The summed E-state index contributed by atoms with van der Waals surface area (Å²) in [5, 5.41) is 0.529. The lowest BCUT2D eigenvalue weighted by atomic mass is 10.0. The SMILES string of the molecule is COc1ccc(S(=O)(=O)Nc2cc(-c3ccc4nc(N(C(C)=O)c5cc(OC)ccc5S(=O)(=O)Nc5cc(Br)cnc5Cl)ccc4c3)cnc2Cl)cc1. The first-order chi connectivity index (χ1) is 25.2. The van der Waals surface area contributed by atoms with E-state index in [1.54, 1.807) is 36.4 Å². The first-order valence-electron chi connectivity index (χ1n) is 15.3. The third-order valence-electron chi connectivity index (χ3n) is 7.75. The number of nitrogens with one attached hydrogen (secondary N) is 2. The second-order valence-electron chi connectivity index (χ2n) is 11.2. The van der Waals surface area contributed by atoms with Crippen molar-refractivity contribution >= 4 is 98.9 Å². The van der Waals surface area contributed by atoms with Crippen molar-refractivity contribution in [1.29, 1.82) is 0 Å². The highest BCUT2D eigenvalue weighted by atomic mass is 79.9. The van der Waals surface area contributed by atoms with Gasteiger partial charge in [-0.05, 0) is 94.3 Å². The Morgan fingerprint density at radius 1 is 0.736 bits per heavy atom. The molecule has 0 fully saturated rings. The standard InChI is InChI=1S/C35H27BrCl2N6O7S2/c1-20(45)44(31-17-26(51-3)8-12-32(31)53(48,49)43-30-16-24(36)19-40-35(30)38)33-13-5-22-14-21(4-11-28(22)41-33)23-15-29(34(37)39-18-23)42-52(46,47)27-9-6-25(50-2)7-10-27/h4-19,42-43H,1-3H3. The maximum atomic E-state index is 13.8. The summed E-state index contributed by atoms with van der Waals surface area (Å²) in [5.74, 6) is 0.397. The van der Waals surface area contributed by atoms with Gasteiger partial charge in [-0.3, -0.25) is 19.1 Å². The van der Waals surface area contributed by atoms with Crippen LogP contribution in [-0.4, -0.2) is 51.9 Å². The van der Waals surface area contributed by atoms with Gasteiger partial charge in [0, 0.05) is 40.8 Å². The minimum atomic E-state index is -4.35. The van der Waals surface area contributed by atoms with Gasteiger partial charge < -0.3 is 9.47 Å². The fourth-order valence-electron chi connectivity index (χ4n) is 5.23. The van der Waals surface area contributed by atoms with Gasteiger partial charge in [0.15, 0.2) is 10.3 Å². The largest absolute Gasteiger partial charge is 0.497 e. The van der Waals surface area contributed by atoms with Gasteiger partial charge in [-0.15, -0.1) is 0 Å². The van der Waals surface area contributed by atoms with Crippen LogP contribution in [0, 0.1) is 0 Å². The van der Waals surface area contributed by atoms with Crippen molar-refractivity contribution in [2.24, 2.45) is 0 Å². The molecule has 0 aliphatic rings. The average Bonchev–Trinajstić information content (AvgIpc) is 3.13. The monoisotopic (exact) mass is 856 g/mol. The van der Waals surface area contributed by atoms with E-state index in [2.05, 4.69) is 35.3 Å². The van der Waals surface area contributed by atoms with Crippen molar-refractivity contribution in [3.8, 4) is 22.6 Å². The Morgan fingerprint density at radius 3 is 2.06 bits per heavy atom. The number of amides is 1. The van der Waals surface area contributed by atoms with E-state index in [4.69, 9.17) is 37.7 Å². The highest BCUT2D eigenvalue weighted by molar-refractivity contribution is 9.10. The van der Waals surface area contributed by atoms with Gasteiger partial charge in [-0.2, -0.15) is 0 Å². The summed E-state index contributed by atoms with van der Waals surface area (Å²) >= 11 is 15.7. The molecule has 0 aliphatic carbocycles. The number of sulfonamides is 2. The first-order valence-corrected chi connectivity index (χ1v) is 19.8. The molecule has 0 saturated carbocycles. The van der Waals surface area contributed by atoms with Crippen LogP contribution in [0.5, 0.6) is 11.5 Å². The molecule has 6 aromatic rings. The fourth-order valence-corrected chi connectivity index (χ4v) is 8.26. The Kier molecular flexibility index (Phi) is 10.8. The lowest BCUT2D eigenvalue weighted by molar-refractivity contribution is -0.115. The maximum absolute atomic E-state index is 13.8. The molecule has 3 aromatic heterocycles. The number of methoxy groups -OCH3 is 2. The molecule has 0 saturated heterocycles. The number of nitrogens with zero attached hydrogens (tertiary/aromatic N) is 4. The molecule has 0 bridgehead atoms. The predicted molar refractivity (Wildman–Crippen MR) is 207 cm³/mol. The molecule has 53 heavy (non-hydrogen) atoms. The van der Waals surface area contributed by atoms with Gasteiger partial charge in [-0.1, -0.05) is 29.3 Å². The molecule has 18 heteroatoms. The molecule has 0 spiro atoms. The smallest absolute Gasteiger partial charge is 0.264 e. The van der Waals surface area contributed by atoms with E-state index in [9.17, 15) is 21.6 Å². The number of carbonyl (C=O) groups excluding carboxylic acids is 1. The average molecular weight is 859 g/mol. The number of fused-ring (bicyclic) bond motifs is 1. The highest BCUT2D eigenvalue weighted by Crippen LogP contribution is 2.37. The van der Waals surface area contributed by atoms with E-state index in [1.807, 2.05) is 0 Å². The molecule has 6 rings (SSSR count). The fraction of sp³-hybridized carbons (Fsp3) is 0.0857. The molecule has 0 atom stereocenters. The minimum absolute atomic E-state index is 0.00743. The Bertz CT molecular complexity index is 2620. The number of carbonyl (C=O) groups is 1. The van der Waals surface area contributed by atoms with Gasteiger partial charge in [0.25, 0.3) is 20.0 Å². The summed E-state index contributed by atoms with van der Waals surface area (Å²) in [6.07, 6.45) is 2.92. The lowest BCUT2D eigenvalue weighted by Crippen LogP contribution is -2.27. The van der Waals surface area contributed by atoms with Gasteiger partial charge in [0.05, 0.1) is 41.7 Å². The van der Waals surface area contributed by atoms with Crippen molar-refractivity contribution < 1.29 is 31.1 Å². The molecular formula is C35H27BrCl2N6O7S2. The summed E-state index contributed by atoms with van der Waals surface area (Å²) in [5.41, 5.74) is 1.76. The molecule has 1 amide bonds. The summed E-state index contributed by atoms with van der Waals surface area (Å²) in [6.45, 7) is 1.28. The number of benzene rings is 3. The zero-order valence-corrected chi connectivity index (χ0v) is 32.6. The summed E-state index contributed by atoms with van der Waals surface area (Å²) < 4.78 is 69.7. The van der Waals surface area contributed by atoms with Gasteiger partial charge >= 0.3 is 0 Å². The third-order valence-corrected chi connectivity index (χ3v) is 11.6. The first kappa shape index (κ1) is 37.7. The maximum Gasteiger partial charge on any atom is 0.264 e. The van der Waals surface area contributed by atoms with Crippen LogP contribution in [0.4, 0.5) is 22.9 Å². The van der Waals surface area contributed by atoms with Crippen molar-refractivity contribution in [2.45, 2.75) is 16.7 Å². The molecule has 3 aromatic carbocycles. The molecule has 13 nitrogen and oxygen atoms in total. The molecular weight excluding hydrogens is 831 g/mol. The van der Waals surface area contributed by atoms with E-state index < -0.39 is 26.0 Å². The van der Waals surface area contributed by atoms with Crippen LogP contribution >= 0.6 is 39.1 Å². The molecule has 0 radical (unpaired) electrons. The van der Waals surface area contributed by atoms with Crippen LogP contribution in [0.2, 0.25) is 10.3 Å². The number of hydrogen-bond donors (Lipinski definition) is 2. The van der Waals surface area contributed by atoms with Crippen molar-refractivity contribution in [3.05, 3.63) is 112 Å². The van der Waals surface area contributed by atoms with E-state index in [-0.39, 0.29) is 43.0 Å². The number of pyridine rings is 3. The number of hydrogen-bond acceptors (Lipinski definition) is 10. The number of ether oxygens (including phenoxy) is 2.